The molecule has 0 heterocycles. The quantitative estimate of drug-likeness (QED) is 0.639. The maximum absolute atomic E-state index is 11.8. The van der Waals surface area contributed by atoms with Crippen LogP contribution in [0.5, 0.6) is 5.75 Å². The molecule has 2 aromatic carbocycles. The van der Waals surface area contributed by atoms with Crippen LogP contribution in [0.4, 0.5) is 5.69 Å². The standard InChI is InChI=1S/C12H13NO4S/c1-7-3-4-8-10(18(15,16)17-2)6-5-9(13)11(8)12(7)14/h3-6,14H,13H2,1-2H3. The van der Waals surface area contributed by atoms with E-state index in [9.17, 15) is 13.5 Å². The number of benzene rings is 2. The summed E-state index contributed by atoms with van der Waals surface area (Å²) in [7, 11) is -2.75. The number of rotatable bonds is 2. The van der Waals surface area contributed by atoms with Crippen molar-refractivity contribution in [2.24, 2.45) is 0 Å². The van der Waals surface area contributed by atoms with Crippen LogP contribution in [0.1, 0.15) is 5.56 Å². The molecule has 3 N–H and O–H groups in total. The molecule has 0 atom stereocenters. The van der Waals surface area contributed by atoms with Gasteiger partial charge in [-0.3, -0.25) is 4.18 Å². The Morgan fingerprint density at radius 3 is 2.50 bits per heavy atom. The molecule has 0 fully saturated rings. The van der Waals surface area contributed by atoms with Gasteiger partial charge in [0, 0.05) is 16.5 Å². The summed E-state index contributed by atoms with van der Waals surface area (Å²) in [6.45, 7) is 1.71. The van der Waals surface area contributed by atoms with Crippen molar-refractivity contribution in [2.75, 3.05) is 12.8 Å². The molecule has 0 saturated heterocycles. The Morgan fingerprint density at radius 1 is 1.22 bits per heavy atom. The second-order valence-corrected chi connectivity index (χ2v) is 5.61. The second-order valence-electron chi connectivity index (χ2n) is 3.93. The number of aromatic hydroxyl groups is 1. The SMILES string of the molecule is COS(=O)(=O)c1ccc(N)c2c(O)c(C)ccc12. The van der Waals surface area contributed by atoms with E-state index in [2.05, 4.69) is 4.18 Å². The lowest BCUT2D eigenvalue weighted by atomic mass is 10.0. The normalized spacial score (nSPS) is 11.9. The molecule has 0 aliphatic heterocycles. The first-order valence-electron chi connectivity index (χ1n) is 5.20. The summed E-state index contributed by atoms with van der Waals surface area (Å²) >= 11 is 0. The minimum Gasteiger partial charge on any atom is -0.507 e. The summed E-state index contributed by atoms with van der Waals surface area (Å²) in [5, 5.41) is 10.7. The highest BCUT2D eigenvalue weighted by Gasteiger charge is 2.19. The van der Waals surface area contributed by atoms with Gasteiger partial charge in [-0.1, -0.05) is 12.1 Å². The smallest absolute Gasteiger partial charge is 0.297 e. The molecule has 5 nitrogen and oxygen atoms in total. The van der Waals surface area contributed by atoms with Crippen molar-refractivity contribution >= 4 is 26.6 Å². The molecule has 0 unspecified atom stereocenters. The Kier molecular flexibility index (Phi) is 2.92. The summed E-state index contributed by atoms with van der Waals surface area (Å²) in [6, 6.07) is 6.04. The van der Waals surface area contributed by atoms with E-state index in [1.165, 1.54) is 12.1 Å². The van der Waals surface area contributed by atoms with Crippen molar-refractivity contribution in [2.45, 2.75) is 11.8 Å². The number of anilines is 1. The highest BCUT2D eigenvalue weighted by Crippen LogP contribution is 2.36. The van der Waals surface area contributed by atoms with Crippen LogP contribution in [0, 0.1) is 6.92 Å². The van der Waals surface area contributed by atoms with E-state index in [0.717, 1.165) is 7.11 Å². The van der Waals surface area contributed by atoms with E-state index in [0.29, 0.717) is 22.0 Å². The average molecular weight is 267 g/mol. The van der Waals surface area contributed by atoms with Gasteiger partial charge >= 0.3 is 0 Å². The fourth-order valence-corrected chi connectivity index (χ4v) is 2.69. The number of nitrogens with two attached hydrogens (primary N) is 1. The van der Waals surface area contributed by atoms with Crippen LogP contribution in [-0.2, 0) is 14.3 Å². The lowest BCUT2D eigenvalue weighted by Crippen LogP contribution is -2.04. The molecule has 0 aliphatic rings. The predicted molar refractivity (Wildman–Crippen MR) is 69.0 cm³/mol. The average Bonchev–Trinajstić information content (AvgIpc) is 2.33. The first-order chi connectivity index (χ1) is 8.38. The molecule has 2 aromatic rings. The van der Waals surface area contributed by atoms with Gasteiger partial charge in [0.15, 0.2) is 0 Å². The lowest BCUT2D eigenvalue weighted by molar-refractivity contribution is 0.398. The number of phenolic OH excluding ortho intramolecular Hbond substituents is 1. The zero-order valence-electron chi connectivity index (χ0n) is 9.97. The van der Waals surface area contributed by atoms with Crippen LogP contribution >= 0.6 is 0 Å². The third-order valence-corrected chi connectivity index (χ3v) is 4.17. The Labute approximate surface area is 105 Å². The Balaban J connectivity index is 2.98. The van der Waals surface area contributed by atoms with Crippen molar-refractivity contribution < 1.29 is 17.7 Å². The summed E-state index contributed by atoms with van der Waals surface area (Å²) < 4.78 is 28.0. The van der Waals surface area contributed by atoms with Crippen LogP contribution < -0.4 is 5.73 Å². The van der Waals surface area contributed by atoms with Gasteiger partial charge in [0.25, 0.3) is 10.1 Å². The number of nitrogen functional groups attached to an aromatic ring is 1. The van der Waals surface area contributed by atoms with E-state index in [1.54, 1.807) is 19.1 Å². The fraction of sp³-hybridized carbons (Fsp3) is 0.167. The Hall–Kier alpha value is -1.79. The highest BCUT2D eigenvalue weighted by molar-refractivity contribution is 7.87. The van der Waals surface area contributed by atoms with Crippen molar-refractivity contribution in [3.8, 4) is 5.75 Å². The molecule has 0 bridgehead atoms. The Bertz CT molecular complexity index is 722. The molecule has 0 amide bonds. The molecular formula is C12H13NO4S. The van der Waals surface area contributed by atoms with E-state index in [1.807, 2.05) is 0 Å². The minimum absolute atomic E-state index is 0.00972. The van der Waals surface area contributed by atoms with Crippen LogP contribution in [0.2, 0.25) is 0 Å². The van der Waals surface area contributed by atoms with E-state index in [4.69, 9.17) is 5.73 Å². The van der Waals surface area contributed by atoms with Crippen LogP contribution in [0.3, 0.4) is 0 Å². The molecular weight excluding hydrogens is 254 g/mol. The molecule has 0 radical (unpaired) electrons. The molecule has 2 rings (SSSR count). The molecule has 0 aromatic heterocycles. The highest BCUT2D eigenvalue weighted by atomic mass is 32.2. The molecule has 96 valence electrons. The number of fused-ring (bicyclic) bond motifs is 1. The monoisotopic (exact) mass is 267 g/mol. The summed E-state index contributed by atoms with van der Waals surface area (Å²) in [4.78, 5) is -0.00972. The first-order valence-corrected chi connectivity index (χ1v) is 6.60. The summed E-state index contributed by atoms with van der Waals surface area (Å²) in [5.74, 6) is -0.0156. The predicted octanol–water partition coefficient (Wildman–Crippen LogP) is 1.77. The number of hydrogen-bond donors (Lipinski definition) is 2. The molecule has 0 saturated carbocycles. The van der Waals surface area contributed by atoms with Gasteiger partial charge in [0.1, 0.15) is 10.6 Å². The van der Waals surface area contributed by atoms with Crippen molar-refractivity contribution in [3.05, 3.63) is 29.8 Å². The fourth-order valence-electron chi connectivity index (χ4n) is 1.84. The topological polar surface area (TPSA) is 89.6 Å². The van der Waals surface area contributed by atoms with E-state index in [-0.39, 0.29) is 10.6 Å². The number of aryl methyl sites for hydroxylation is 1. The van der Waals surface area contributed by atoms with E-state index < -0.39 is 10.1 Å². The van der Waals surface area contributed by atoms with Crippen LogP contribution in [0.25, 0.3) is 10.8 Å². The number of phenols is 1. The summed E-state index contributed by atoms with van der Waals surface area (Å²) in [6.07, 6.45) is 0. The first kappa shape index (κ1) is 12.7. The zero-order valence-corrected chi connectivity index (χ0v) is 10.8. The zero-order chi connectivity index (χ0) is 13.5. The maximum Gasteiger partial charge on any atom is 0.297 e. The van der Waals surface area contributed by atoms with Gasteiger partial charge in [-0.2, -0.15) is 8.42 Å². The van der Waals surface area contributed by atoms with Crippen LogP contribution in [0.15, 0.2) is 29.2 Å². The van der Waals surface area contributed by atoms with Crippen molar-refractivity contribution in [3.63, 3.8) is 0 Å². The molecule has 6 heteroatoms. The molecule has 0 spiro atoms. The van der Waals surface area contributed by atoms with Gasteiger partial charge in [0.05, 0.1) is 7.11 Å². The number of hydrogen-bond acceptors (Lipinski definition) is 5. The summed E-state index contributed by atoms with van der Waals surface area (Å²) in [5.41, 5.74) is 6.73. The van der Waals surface area contributed by atoms with Gasteiger partial charge in [-0.05, 0) is 24.6 Å². The third-order valence-electron chi connectivity index (χ3n) is 2.84. The third kappa shape index (κ3) is 1.79. The minimum atomic E-state index is -3.84. The van der Waals surface area contributed by atoms with Gasteiger partial charge < -0.3 is 10.8 Å². The van der Waals surface area contributed by atoms with Gasteiger partial charge in [-0.15, -0.1) is 0 Å². The van der Waals surface area contributed by atoms with Crippen molar-refractivity contribution in [1.29, 1.82) is 0 Å². The molecule has 0 aliphatic carbocycles. The molecule has 18 heavy (non-hydrogen) atoms. The maximum atomic E-state index is 11.8. The largest absolute Gasteiger partial charge is 0.507 e. The van der Waals surface area contributed by atoms with Crippen LogP contribution in [-0.4, -0.2) is 20.6 Å². The second kappa shape index (κ2) is 4.15. The van der Waals surface area contributed by atoms with E-state index >= 15 is 0 Å². The van der Waals surface area contributed by atoms with Gasteiger partial charge in [-0.25, -0.2) is 0 Å². The van der Waals surface area contributed by atoms with Crippen molar-refractivity contribution in [1.82, 2.24) is 0 Å². The lowest BCUT2D eigenvalue weighted by Gasteiger charge is -2.11. The van der Waals surface area contributed by atoms with Gasteiger partial charge in [0.2, 0.25) is 0 Å². The Morgan fingerprint density at radius 2 is 1.89 bits per heavy atom.